The van der Waals surface area contributed by atoms with Crippen molar-refractivity contribution in [3.05, 3.63) is 35.5 Å². The second kappa shape index (κ2) is 11.3. The first-order chi connectivity index (χ1) is 13.9. The number of nitrogens with two attached hydrogens (primary N) is 1. The van der Waals surface area contributed by atoms with Gasteiger partial charge in [-0.05, 0) is 42.9 Å². The summed E-state index contributed by atoms with van der Waals surface area (Å²) in [5.74, 6) is 1.16. The van der Waals surface area contributed by atoms with Crippen LogP contribution in [0.25, 0.3) is 0 Å². The third-order valence-electron chi connectivity index (χ3n) is 4.78. The molecule has 0 saturated carbocycles. The van der Waals surface area contributed by atoms with E-state index >= 15 is 0 Å². The molecule has 0 aliphatic heterocycles. The normalized spacial score (nSPS) is 11.1. The van der Waals surface area contributed by atoms with Gasteiger partial charge in [-0.3, -0.25) is 0 Å². The molecule has 3 N–H and O–H groups in total. The average molecular weight is 419 g/mol. The first kappa shape index (κ1) is 23.3. The van der Waals surface area contributed by atoms with E-state index < -0.39 is 0 Å². The molecule has 2 rings (SSSR count). The van der Waals surface area contributed by atoms with Crippen molar-refractivity contribution in [2.24, 2.45) is 0 Å². The van der Waals surface area contributed by atoms with Crippen LogP contribution in [0.2, 0.25) is 0 Å². The molecule has 0 aliphatic rings. The summed E-state index contributed by atoms with van der Waals surface area (Å²) in [6.07, 6.45) is 2.08. The Labute approximate surface area is 179 Å². The van der Waals surface area contributed by atoms with Gasteiger partial charge in [0.25, 0.3) is 0 Å². The lowest BCUT2D eigenvalue weighted by atomic mass is 10.0. The number of benzene rings is 1. The molecule has 0 amide bonds. The highest BCUT2D eigenvalue weighted by atomic mass is 32.2. The highest BCUT2D eigenvalue weighted by Gasteiger charge is 2.16. The molecule has 0 spiro atoms. The van der Waals surface area contributed by atoms with Crippen LogP contribution in [0.1, 0.15) is 31.0 Å². The van der Waals surface area contributed by atoms with Gasteiger partial charge in [0.15, 0.2) is 5.82 Å². The van der Waals surface area contributed by atoms with Gasteiger partial charge in [-0.2, -0.15) is 0 Å². The number of pyridine rings is 1. The molecule has 1 aromatic carbocycles. The van der Waals surface area contributed by atoms with E-state index in [1.54, 1.807) is 26.0 Å². The van der Waals surface area contributed by atoms with Crippen LogP contribution in [0, 0.1) is 6.92 Å². The lowest BCUT2D eigenvalue weighted by molar-refractivity contribution is 0.190. The van der Waals surface area contributed by atoms with Crippen molar-refractivity contribution >= 4 is 34.6 Å². The Bertz CT molecular complexity index is 791. The fraction of sp³-hybridized carbons (Fsp3) is 0.500. The topological polar surface area (TPSA) is 72.6 Å². The maximum absolute atomic E-state index is 6.56. The number of aromatic nitrogens is 1. The number of ether oxygens (including phenoxy) is 2. The smallest absolute Gasteiger partial charge is 0.156 e. The molecule has 29 heavy (non-hydrogen) atoms. The van der Waals surface area contributed by atoms with Crippen molar-refractivity contribution in [2.75, 3.05) is 62.7 Å². The lowest BCUT2D eigenvalue weighted by Gasteiger charge is -2.27. The predicted octanol–water partition coefficient (Wildman–Crippen LogP) is 4.66. The number of aryl methyl sites for hydroxylation is 1. The van der Waals surface area contributed by atoms with Gasteiger partial charge in [-0.25, -0.2) is 4.98 Å². The van der Waals surface area contributed by atoms with Crippen LogP contribution in [0.3, 0.4) is 0 Å². The molecule has 0 aliphatic carbocycles. The summed E-state index contributed by atoms with van der Waals surface area (Å²) in [5.41, 5.74) is 11.4. The summed E-state index contributed by atoms with van der Waals surface area (Å²) in [5, 5.41) is 3.46. The minimum absolute atomic E-state index is 0.485. The molecule has 0 radical (unpaired) electrons. The van der Waals surface area contributed by atoms with Gasteiger partial charge in [0.1, 0.15) is 0 Å². The molecule has 0 saturated heterocycles. The molecule has 2 aromatic rings. The standard InChI is InChI=1S/C22H34N4O2S/c1-15(2)17-7-8-18(20(14-17)29-6)25-22-21(23)19(13-16(3)24-22)26(9-11-27-4)10-12-28-5/h7-8,13-15H,9-12,23H2,1-6H3,(H,24,25). The average Bonchev–Trinajstić information content (AvgIpc) is 2.70. The third-order valence-corrected chi connectivity index (χ3v) is 5.56. The summed E-state index contributed by atoms with van der Waals surface area (Å²) in [7, 11) is 3.40. The minimum atomic E-state index is 0.485. The van der Waals surface area contributed by atoms with E-state index in [-0.39, 0.29) is 0 Å². The van der Waals surface area contributed by atoms with E-state index in [2.05, 4.69) is 53.5 Å². The highest BCUT2D eigenvalue weighted by Crippen LogP contribution is 2.35. The Hall–Kier alpha value is -1.96. The van der Waals surface area contributed by atoms with Gasteiger partial charge < -0.3 is 25.4 Å². The largest absolute Gasteiger partial charge is 0.394 e. The van der Waals surface area contributed by atoms with Gasteiger partial charge >= 0.3 is 0 Å². The third kappa shape index (κ3) is 6.26. The number of nitrogens with one attached hydrogen (secondary N) is 1. The van der Waals surface area contributed by atoms with Gasteiger partial charge in [0, 0.05) is 37.9 Å². The van der Waals surface area contributed by atoms with Crippen molar-refractivity contribution in [3.8, 4) is 0 Å². The van der Waals surface area contributed by atoms with Crippen molar-refractivity contribution in [1.29, 1.82) is 0 Å². The Kier molecular flexibility index (Phi) is 9.07. The molecule has 0 bridgehead atoms. The second-order valence-corrected chi connectivity index (χ2v) is 8.11. The summed E-state index contributed by atoms with van der Waals surface area (Å²) in [4.78, 5) is 8.03. The van der Waals surface area contributed by atoms with Crippen LogP contribution in [0.4, 0.5) is 22.9 Å². The molecule has 160 valence electrons. The van der Waals surface area contributed by atoms with Crippen LogP contribution in [-0.2, 0) is 9.47 Å². The maximum Gasteiger partial charge on any atom is 0.156 e. The SMILES string of the molecule is COCCN(CCOC)c1cc(C)nc(Nc2ccc(C(C)C)cc2SC)c1N. The van der Waals surface area contributed by atoms with Crippen LogP contribution < -0.4 is 16.0 Å². The number of methoxy groups -OCH3 is 2. The molecular weight excluding hydrogens is 384 g/mol. The summed E-state index contributed by atoms with van der Waals surface area (Å²) < 4.78 is 10.5. The minimum Gasteiger partial charge on any atom is -0.394 e. The Morgan fingerprint density at radius 3 is 2.34 bits per heavy atom. The van der Waals surface area contributed by atoms with Crippen LogP contribution in [0.15, 0.2) is 29.2 Å². The maximum atomic E-state index is 6.56. The summed E-state index contributed by atoms with van der Waals surface area (Å²) in [6, 6.07) is 8.51. The van der Waals surface area contributed by atoms with Crippen molar-refractivity contribution in [3.63, 3.8) is 0 Å². The zero-order chi connectivity index (χ0) is 21.4. The summed E-state index contributed by atoms with van der Waals surface area (Å²) in [6.45, 7) is 9.07. The Balaban J connectivity index is 2.39. The number of hydrogen-bond acceptors (Lipinski definition) is 7. The quantitative estimate of drug-likeness (QED) is 0.514. The number of nitrogens with zero attached hydrogens (tertiary/aromatic N) is 2. The van der Waals surface area contributed by atoms with Gasteiger partial charge in [-0.1, -0.05) is 19.9 Å². The number of thioether (sulfide) groups is 1. The summed E-state index contributed by atoms with van der Waals surface area (Å²) >= 11 is 1.71. The van der Waals surface area contributed by atoms with Gasteiger partial charge in [-0.15, -0.1) is 11.8 Å². The van der Waals surface area contributed by atoms with Crippen LogP contribution >= 0.6 is 11.8 Å². The highest BCUT2D eigenvalue weighted by molar-refractivity contribution is 7.98. The van der Waals surface area contributed by atoms with Crippen molar-refractivity contribution in [2.45, 2.75) is 31.6 Å². The molecule has 0 fully saturated rings. The number of rotatable bonds is 11. The van der Waals surface area contributed by atoms with E-state index in [1.807, 2.05) is 13.0 Å². The van der Waals surface area contributed by atoms with E-state index in [0.717, 1.165) is 30.2 Å². The van der Waals surface area contributed by atoms with Gasteiger partial charge in [0.2, 0.25) is 0 Å². The molecule has 1 aromatic heterocycles. The van der Waals surface area contributed by atoms with E-state index in [4.69, 9.17) is 15.2 Å². The molecule has 6 nitrogen and oxygen atoms in total. The van der Waals surface area contributed by atoms with E-state index in [9.17, 15) is 0 Å². The van der Waals surface area contributed by atoms with E-state index in [0.29, 0.717) is 30.6 Å². The molecule has 0 atom stereocenters. The van der Waals surface area contributed by atoms with Gasteiger partial charge in [0.05, 0.1) is 30.3 Å². The first-order valence-corrected chi connectivity index (χ1v) is 11.1. The predicted molar refractivity (Wildman–Crippen MR) is 125 cm³/mol. The zero-order valence-corrected chi connectivity index (χ0v) is 19.2. The molecular formula is C22H34N4O2S. The van der Waals surface area contributed by atoms with Crippen molar-refractivity contribution in [1.82, 2.24) is 4.98 Å². The fourth-order valence-electron chi connectivity index (χ4n) is 3.08. The van der Waals surface area contributed by atoms with Crippen LogP contribution in [-0.4, -0.2) is 51.8 Å². The number of anilines is 4. The van der Waals surface area contributed by atoms with E-state index in [1.165, 1.54) is 10.5 Å². The molecule has 0 unspecified atom stereocenters. The number of nitrogen functional groups attached to an aromatic ring is 1. The second-order valence-electron chi connectivity index (χ2n) is 7.26. The fourth-order valence-corrected chi connectivity index (χ4v) is 3.67. The lowest BCUT2D eigenvalue weighted by Crippen LogP contribution is -2.31. The monoisotopic (exact) mass is 418 g/mol. The first-order valence-electron chi connectivity index (χ1n) is 9.86. The Morgan fingerprint density at radius 2 is 1.79 bits per heavy atom. The number of hydrogen-bond donors (Lipinski definition) is 2. The van der Waals surface area contributed by atoms with Crippen molar-refractivity contribution < 1.29 is 9.47 Å². The Morgan fingerprint density at radius 1 is 1.14 bits per heavy atom. The molecule has 1 heterocycles. The molecule has 7 heteroatoms. The zero-order valence-electron chi connectivity index (χ0n) is 18.4. The van der Waals surface area contributed by atoms with Crippen LogP contribution in [0.5, 0.6) is 0 Å².